The Morgan fingerprint density at radius 2 is 2.13 bits per heavy atom. The largest absolute Gasteiger partial charge is 0.496 e. The number of alkyl halides is 1. The molecule has 0 radical (unpaired) electrons. The molecular weight excluding hydrogens is 320 g/mol. The fourth-order valence-electron chi connectivity index (χ4n) is 1.42. The van der Waals surface area contributed by atoms with E-state index in [-0.39, 0.29) is 0 Å². The molecule has 0 fully saturated rings. The molecule has 0 heterocycles. The highest BCUT2D eigenvalue weighted by Crippen LogP contribution is 2.25. The number of rotatable bonds is 5. The van der Waals surface area contributed by atoms with E-state index in [2.05, 4.69) is 44.8 Å². The zero-order valence-electron chi connectivity index (χ0n) is 9.09. The van der Waals surface area contributed by atoms with Crippen molar-refractivity contribution in [2.45, 2.75) is 19.8 Å². The van der Waals surface area contributed by atoms with E-state index in [1.165, 1.54) is 12.0 Å². The molecule has 1 nitrogen and oxygen atoms in total. The van der Waals surface area contributed by atoms with Gasteiger partial charge in [0.05, 0.1) is 7.11 Å². The van der Waals surface area contributed by atoms with Crippen molar-refractivity contribution in [1.29, 1.82) is 0 Å². The number of halogens is 2. The Morgan fingerprint density at radius 1 is 1.40 bits per heavy atom. The number of benzene rings is 1. The van der Waals surface area contributed by atoms with Gasteiger partial charge in [-0.25, -0.2) is 0 Å². The third-order valence-electron chi connectivity index (χ3n) is 2.41. The first-order chi connectivity index (χ1) is 7.17. The molecular formula is C12H16Br2O. The van der Waals surface area contributed by atoms with Crippen LogP contribution < -0.4 is 4.74 Å². The van der Waals surface area contributed by atoms with Crippen LogP contribution in [0.1, 0.15) is 18.9 Å². The molecule has 0 aliphatic heterocycles. The Balaban J connectivity index is 2.69. The molecule has 1 unspecified atom stereocenters. The van der Waals surface area contributed by atoms with Gasteiger partial charge in [-0.1, -0.05) is 38.8 Å². The predicted molar refractivity (Wildman–Crippen MR) is 72.0 cm³/mol. The van der Waals surface area contributed by atoms with E-state index in [9.17, 15) is 0 Å². The van der Waals surface area contributed by atoms with Gasteiger partial charge in [0, 0.05) is 9.80 Å². The molecule has 1 atom stereocenters. The van der Waals surface area contributed by atoms with Crippen LogP contribution in [-0.2, 0) is 6.42 Å². The standard InChI is InChI=1S/C12H16Br2O/c1-9(8-13)3-4-10-7-11(14)5-6-12(10)15-2/h5-7,9H,3-4,8H2,1-2H3. The Labute approximate surface area is 108 Å². The van der Waals surface area contributed by atoms with Crippen LogP contribution in [0.3, 0.4) is 0 Å². The van der Waals surface area contributed by atoms with Crippen LogP contribution in [0.25, 0.3) is 0 Å². The molecule has 0 spiro atoms. The van der Waals surface area contributed by atoms with Crippen LogP contribution in [0.5, 0.6) is 5.75 Å². The number of aryl methyl sites for hydroxylation is 1. The maximum atomic E-state index is 5.33. The smallest absolute Gasteiger partial charge is 0.122 e. The summed E-state index contributed by atoms with van der Waals surface area (Å²) in [5, 5.41) is 1.06. The molecule has 15 heavy (non-hydrogen) atoms. The van der Waals surface area contributed by atoms with Crippen molar-refractivity contribution in [2.75, 3.05) is 12.4 Å². The van der Waals surface area contributed by atoms with E-state index in [0.717, 1.165) is 22.0 Å². The second kappa shape index (κ2) is 6.54. The first kappa shape index (κ1) is 13.0. The molecule has 0 bridgehead atoms. The summed E-state index contributed by atoms with van der Waals surface area (Å²) in [6.45, 7) is 2.25. The Hall–Kier alpha value is -0.0200. The Morgan fingerprint density at radius 3 is 2.73 bits per heavy atom. The molecule has 0 aliphatic rings. The average molecular weight is 336 g/mol. The number of methoxy groups -OCH3 is 1. The molecule has 0 aromatic heterocycles. The van der Waals surface area contributed by atoms with Crippen LogP contribution in [0.4, 0.5) is 0 Å². The minimum Gasteiger partial charge on any atom is -0.496 e. The van der Waals surface area contributed by atoms with Gasteiger partial charge in [-0.05, 0) is 42.5 Å². The minimum atomic E-state index is 0.702. The van der Waals surface area contributed by atoms with Crippen molar-refractivity contribution in [3.05, 3.63) is 28.2 Å². The molecule has 0 saturated carbocycles. The molecule has 0 N–H and O–H groups in total. The van der Waals surface area contributed by atoms with E-state index in [4.69, 9.17) is 4.74 Å². The zero-order valence-corrected chi connectivity index (χ0v) is 12.3. The third-order valence-corrected chi connectivity index (χ3v) is 4.01. The minimum absolute atomic E-state index is 0.702. The van der Waals surface area contributed by atoms with Crippen LogP contribution in [0.2, 0.25) is 0 Å². The van der Waals surface area contributed by atoms with Crippen LogP contribution >= 0.6 is 31.9 Å². The van der Waals surface area contributed by atoms with Crippen LogP contribution in [0.15, 0.2) is 22.7 Å². The molecule has 0 amide bonds. The molecule has 0 saturated heterocycles. The lowest BCUT2D eigenvalue weighted by Gasteiger charge is -2.11. The second-order valence-corrected chi connectivity index (χ2v) is 5.32. The Bertz CT molecular complexity index is 312. The van der Waals surface area contributed by atoms with Crippen molar-refractivity contribution >= 4 is 31.9 Å². The molecule has 1 aromatic carbocycles. The lowest BCUT2D eigenvalue weighted by atomic mass is 10.0. The fourth-order valence-corrected chi connectivity index (χ4v) is 2.15. The van der Waals surface area contributed by atoms with Crippen LogP contribution in [-0.4, -0.2) is 12.4 Å². The van der Waals surface area contributed by atoms with Crippen molar-refractivity contribution in [3.8, 4) is 5.75 Å². The van der Waals surface area contributed by atoms with Gasteiger partial charge in [-0.15, -0.1) is 0 Å². The first-order valence-electron chi connectivity index (χ1n) is 5.05. The number of hydrogen-bond acceptors (Lipinski definition) is 1. The third kappa shape index (κ3) is 4.15. The monoisotopic (exact) mass is 334 g/mol. The highest BCUT2D eigenvalue weighted by molar-refractivity contribution is 9.10. The summed E-state index contributed by atoms with van der Waals surface area (Å²) in [6.07, 6.45) is 2.24. The summed E-state index contributed by atoms with van der Waals surface area (Å²) in [7, 11) is 1.72. The van der Waals surface area contributed by atoms with Gasteiger partial charge in [-0.3, -0.25) is 0 Å². The SMILES string of the molecule is COc1ccc(Br)cc1CCC(C)CBr. The summed E-state index contributed by atoms with van der Waals surface area (Å²) in [6, 6.07) is 6.16. The van der Waals surface area contributed by atoms with E-state index in [1.807, 2.05) is 12.1 Å². The topological polar surface area (TPSA) is 9.23 Å². The van der Waals surface area contributed by atoms with E-state index in [0.29, 0.717) is 5.92 Å². The Kier molecular flexibility index (Phi) is 5.69. The second-order valence-electron chi connectivity index (χ2n) is 3.75. The number of ether oxygens (including phenoxy) is 1. The van der Waals surface area contributed by atoms with E-state index < -0.39 is 0 Å². The van der Waals surface area contributed by atoms with Gasteiger partial charge < -0.3 is 4.74 Å². The molecule has 84 valence electrons. The van der Waals surface area contributed by atoms with Gasteiger partial charge in [0.25, 0.3) is 0 Å². The first-order valence-corrected chi connectivity index (χ1v) is 6.97. The van der Waals surface area contributed by atoms with Crippen molar-refractivity contribution in [3.63, 3.8) is 0 Å². The highest BCUT2D eigenvalue weighted by Gasteiger charge is 2.06. The number of hydrogen-bond donors (Lipinski definition) is 0. The summed E-state index contributed by atoms with van der Waals surface area (Å²) in [4.78, 5) is 0. The van der Waals surface area contributed by atoms with Gasteiger partial charge >= 0.3 is 0 Å². The van der Waals surface area contributed by atoms with Gasteiger partial charge in [-0.2, -0.15) is 0 Å². The maximum Gasteiger partial charge on any atom is 0.122 e. The van der Waals surface area contributed by atoms with Gasteiger partial charge in [0.1, 0.15) is 5.75 Å². The van der Waals surface area contributed by atoms with Crippen molar-refractivity contribution in [1.82, 2.24) is 0 Å². The average Bonchev–Trinajstić information content (AvgIpc) is 2.26. The molecule has 0 aliphatic carbocycles. The summed E-state index contributed by atoms with van der Waals surface area (Å²) < 4.78 is 6.45. The van der Waals surface area contributed by atoms with E-state index in [1.54, 1.807) is 7.11 Å². The predicted octanol–water partition coefficient (Wildman–Crippen LogP) is 4.42. The van der Waals surface area contributed by atoms with Crippen molar-refractivity contribution < 1.29 is 4.74 Å². The summed E-state index contributed by atoms with van der Waals surface area (Å²) in [5.41, 5.74) is 1.28. The van der Waals surface area contributed by atoms with Gasteiger partial charge in [0.2, 0.25) is 0 Å². The summed E-state index contributed by atoms with van der Waals surface area (Å²) >= 11 is 6.98. The highest BCUT2D eigenvalue weighted by atomic mass is 79.9. The molecule has 1 aromatic rings. The zero-order chi connectivity index (χ0) is 11.3. The van der Waals surface area contributed by atoms with Gasteiger partial charge in [0.15, 0.2) is 0 Å². The van der Waals surface area contributed by atoms with Crippen LogP contribution in [0, 0.1) is 5.92 Å². The lowest BCUT2D eigenvalue weighted by Crippen LogP contribution is -2.00. The van der Waals surface area contributed by atoms with E-state index >= 15 is 0 Å². The fraction of sp³-hybridized carbons (Fsp3) is 0.500. The molecule has 1 rings (SSSR count). The van der Waals surface area contributed by atoms with Crippen molar-refractivity contribution in [2.24, 2.45) is 5.92 Å². The quantitative estimate of drug-likeness (QED) is 0.724. The normalized spacial score (nSPS) is 12.5. The lowest BCUT2D eigenvalue weighted by molar-refractivity contribution is 0.407. The summed E-state index contributed by atoms with van der Waals surface area (Å²) in [5.74, 6) is 1.69. The molecule has 3 heteroatoms. The maximum absolute atomic E-state index is 5.33.